The van der Waals surface area contributed by atoms with E-state index in [1.165, 1.54) is 12.1 Å². The van der Waals surface area contributed by atoms with Gasteiger partial charge in [-0.3, -0.25) is 14.9 Å². The molecule has 1 unspecified atom stereocenters. The zero-order valence-electron chi connectivity index (χ0n) is 15.0. The number of rotatable bonds is 4. The van der Waals surface area contributed by atoms with Crippen molar-refractivity contribution in [3.05, 3.63) is 39.9 Å². The Morgan fingerprint density at radius 1 is 1.33 bits per heavy atom. The lowest BCUT2D eigenvalue weighted by molar-refractivity contribution is -0.385. The molecule has 132 valence electrons. The highest BCUT2D eigenvalue weighted by molar-refractivity contribution is 6.74. The Labute approximate surface area is 144 Å². The molecule has 1 heterocycles. The fraction of sp³-hybridized carbons (Fsp3) is 0.588. The van der Waals surface area contributed by atoms with Gasteiger partial charge in [-0.25, -0.2) is 0 Å². The normalized spacial score (nSPS) is 18.7. The number of nitro benzene ring substituents is 1. The lowest BCUT2D eigenvalue weighted by Crippen LogP contribution is -2.44. The lowest BCUT2D eigenvalue weighted by atomic mass is 10.1. The van der Waals surface area contributed by atoms with E-state index in [0.717, 1.165) is 6.42 Å². The number of hydrogen-bond donors (Lipinski definition) is 0. The summed E-state index contributed by atoms with van der Waals surface area (Å²) in [5.74, 6) is -0.288. The highest BCUT2D eigenvalue weighted by Gasteiger charge is 2.41. The van der Waals surface area contributed by atoms with E-state index in [1.807, 2.05) is 0 Å². The second-order valence-electron chi connectivity index (χ2n) is 7.81. The van der Waals surface area contributed by atoms with Crippen LogP contribution in [0.3, 0.4) is 0 Å². The van der Waals surface area contributed by atoms with Crippen LogP contribution >= 0.6 is 0 Å². The molecule has 6 nitrogen and oxygen atoms in total. The standard InChI is InChI=1S/C17H26N2O4Si/c1-17(2,3)24(4,5)23-13-10-11-18(12-13)16(20)14-8-6-7-9-15(14)19(21)22/h6-9,13H,10-12H2,1-5H3. The van der Waals surface area contributed by atoms with E-state index >= 15 is 0 Å². The maximum Gasteiger partial charge on any atom is 0.282 e. The summed E-state index contributed by atoms with van der Waals surface area (Å²) < 4.78 is 6.37. The first-order chi connectivity index (χ1) is 11.0. The van der Waals surface area contributed by atoms with Crippen molar-refractivity contribution in [2.45, 2.75) is 51.4 Å². The summed E-state index contributed by atoms with van der Waals surface area (Å²) in [6.45, 7) is 12.0. The molecule has 1 amide bonds. The third-order valence-corrected chi connectivity index (χ3v) is 9.57. The summed E-state index contributed by atoms with van der Waals surface area (Å²) in [5.41, 5.74) is 0.00624. The summed E-state index contributed by atoms with van der Waals surface area (Å²) >= 11 is 0. The molecule has 1 fully saturated rings. The van der Waals surface area contributed by atoms with Gasteiger partial charge < -0.3 is 9.33 Å². The highest BCUT2D eigenvalue weighted by atomic mass is 28.4. The quantitative estimate of drug-likeness (QED) is 0.470. The van der Waals surface area contributed by atoms with Crippen molar-refractivity contribution < 1.29 is 14.1 Å². The molecule has 24 heavy (non-hydrogen) atoms. The zero-order valence-corrected chi connectivity index (χ0v) is 16.0. The Morgan fingerprint density at radius 2 is 1.96 bits per heavy atom. The minimum atomic E-state index is -1.89. The molecule has 0 aromatic heterocycles. The van der Waals surface area contributed by atoms with Crippen LogP contribution in [0.5, 0.6) is 0 Å². The molecule has 0 radical (unpaired) electrons. The van der Waals surface area contributed by atoms with Crippen LogP contribution in [0.4, 0.5) is 5.69 Å². The van der Waals surface area contributed by atoms with E-state index in [4.69, 9.17) is 4.43 Å². The molecule has 1 aromatic carbocycles. The van der Waals surface area contributed by atoms with E-state index in [9.17, 15) is 14.9 Å². The molecule has 0 saturated carbocycles. The number of nitro groups is 1. The van der Waals surface area contributed by atoms with Crippen LogP contribution < -0.4 is 0 Å². The lowest BCUT2D eigenvalue weighted by Gasteiger charge is -2.38. The van der Waals surface area contributed by atoms with E-state index < -0.39 is 13.2 Å². The van der Waals surface area contributed by atoms with Crippen LogP contribution in [0.15, 0.2) is 24.3 Å². The molecule has 1 saturated heterocycles. The minimum Gasteiger partial charge on any atom is -0.412 e. The number of carbonyl (C=O) groups excluding carboxylic acids is 1. The van der Waals surface area contributed by atoms with Crippen LogP contribution in [0.1, 0.15) is 37.6 Å². The van der Waals surface area contributed by atoms with Gasteiger partial charge in [-0.2, -0.15) is 0 Å². The Bertz CT molecular complexity index is 640. The molecule has 7 heteroatoms. The maximum atomic E-state index is 12.7. The SMILES string of the molecule is CC(C)(C)[Si](C)(C)OC1CCN(C(=O)c2ccccc2[N+](=O)[O-])C1. The van der Waals surface area contributed by atoms with Gasteiger partial charge in [0.25, 0.3) is 11.6 Å². The molecule has 1 aromatic rings. The van der Waals surface area contributed by atoms with Crippen LogP contribution in [-0.4, -0.2) is 43.2 Å². The number of amides is 1. The van der Waals surface area contributed by atoms with Gasteiger partial charge in [-0.1, -0.05) is 32.9 Å². The summed E-state index contributed by atoms with van der Waals surface area (Å²) in [7, 11) is -1.89. The van der Waals surface area contributed by atoms with Crippen molar-refractivity contribution in [2.75, 3.05) is 13.1 Å². The fourth-order valence-electron chi connectivity index (χ4n) is 2.59. The molecule has 0 spiro atoms. The number of nitrogens with zero attached hydrogens (tertiary/aromatic N) is 2. The summed E-state index contributed by atoms with van der Waals surface area (Å²) in [6, 6.07) is 6.11. The molecule has 1 aliphatic heterocycles. The summed E-state index contributed by atoms with van der Waals surface area (Å²) in [6.07, 6.45) is 0.788. The molecular formula is C17H26N2O4Si. The van der Waals surface area contributed by atoms with Crippen molar-refractivity contribution in [1.82, 2.24) is 4.90 Å². The van der Waals surface area contributed by atoms with Gasteiger partial charge in [-0.05, 0) is 30.6 Å². The Kier molecular flexibility index (Phi) is 5.15. The second-order valence-corrected chi connectivity index (χ2v) is 12.6. The van der Waals surface area contributed by atoms with Crippen molar-refractivity contribution >= 4 is 19.9 Å². The first kappa shape index (κ1) is 18.6. The molecule has 0 aliphatic carbocycles. The number of likely N-dealkylation sites (tertiary alicyclic amines) is 1. The molecule has 1 atom stereocenters. The molecule has 0 bridgehead atoms. The fourth-order valence-corrected chi connectivity index (χ4v) is 3.97. The maximum absolute atomic E-state index is 12.7. The van der Waals surface area contributed by atoms with Gasteiger partial charge in [-0.15, -0.1) is 0 Å². The average molecular weight is 350 g/mol. The van der Waals surface area contributed by atoms with Crippen LogP contribution in [-0.2, 0) is 4.43 Å². The van der Waals surface area contributed by atoms with E-state index in [1.54, 1.807) is 17.0 Å². The predicted octanol–water partition coefficient (Wildman–Crippen LogP) is 3.83. The van der Waals surface area contributed by atoms with Crippen molar-refractivity contribution in [3.63, 3.8) is 0 Å². The van der Waals surface area contributed by atoms with Gasteiger partial charge in [0.15, 0.2) is 8.32 Å². The van der Waals surface area contributed by atoms with Crippen molar-refractivity contribution in [1.29, 1.82) is 0 Å². The largest absolute Gasteiger partial charge is 0.412 e. The van der Waals surface area contributed by atoms with Gasteiger partial charge in [0, 0.05) is 19.2 Å². The van der Waals surface area contributed by atoms with Crippen LogP contribution in [0.2, 0.25) is 18.1 Å². The Balaban J connectivity index is 2.09. The highest BCUT2D eigenvalue weighted by Crippen LogP contribution is 2.38. The Hall–Kier alpha value is -1.73. The monoisotopic (exact) mass is 350 g/mol. The van der Waals surface area contributed by atoms with E-state index in [0.29, 0.717) is 13.1 Å². The molecular weight excluding hydrogens is 324 g/mol. The average Bonchev–Trinajstić information content (AvgIpc) is 2.93. The smallest absolute Gasteiger partial charge is 0.282 e. The summed E-state index contributed by atoms with van der Waals surface area (Å²) in [4.78, 5) is 24.9. The van der Waals surface area contributed by atoms with E-state index in [-0.39, 0.29) is 28.3 Å². The van der Waals surface area contributed by atoms with Crippen molar-refractivity contribution in [2.24, 2.45) is 0 Å². The minimum absolute atomic E-state index is 0.0117. The molecule has 1 aliphatic rings. The van der Waals surface area contributed by atoms with Gasteiger partial charge in [0.1, 0.15) is 5.56 Å². The number of para-hydroxylation sites is 1. The number of benzene rings is 1. The number of carbonyl (C=O) groups is 1. The molecule has 2 rings (SSSR count). The van der Waals surface area contributed by atoms with Crippen LogP contribution in [0.25, 0.3) is 0 Å². The molecule has 0 N–H and O–H groups in total. The zero-order chi connectivity index (χ0) is 18.1. The number of hydrogen-bond acceptors (Lipinski definition) is 4. The van der Waals surface area contributed by atoms with Crippen LogP contribution in [0, 0.1) is 10.1 Å². The van der Waals surface area contributed by atoms with Crippen molar-refractivity contribution in [3.8, 4) is 0 Å². The van der Waals surface area contributed by atoms with Gasteiger partial charge in [0.05, 0.1) is 11.0 Å². The van der Waals surface area contributed by atoms with Gasteiger partial charge in [0.2, 0.25) is 0 Å². The predicted molar refractivity (Wildman–Crippen MR) is 95.7 cm³/mol. The summed E-state index contributed by atoms with van der Waals surface area (Å²) in [5, 5.41) is 11.2. The topological polar surface area (TPSA) is 72.7 Å². The van der Waals surface area contributed by atoms with E-state index in [2.05, 4.69) is 33.9 Å². The second kappa shape index (κ2) is 6.64. The third-order valence-electron chi connectivity index (χ3n) is 5.03. The first-order valence-electron chi connectivity index (χ1n) is 8.23. The Morgan fingerprint density at radius 3 is 2.54 bits per heavy atom. The third kappa shape index (κ3) is 3.84. The van der Waals surface area contributed by atoms with Gasteiger partial charge >= 0.3 is 0 Å². The first-order valence-corrected chi connectivity index (χ1v) is 11.1.